The molecule has 5 aromatic rings. The molecule has 3 aromatic carbocycles. The molecule has 3 amide bonds. The molecule has 1 spiro atoms. The molecule has 2 saturated heterocycles. The van der Waals surface area contributed by atoms with Crippen LogP contribution in [0.5, 0.6) is 0 Å². The van der Waals surface area contributed by atoms with E-state index < -0.39 is 18.1 Å². The molecule has 10 rings (SSSR count). The summed E-state index contributed by atoms with van der Waals surface area (Å²) in [6, 6.07) is 17.1. The van der Waals surface area contributed by atoms with Crippen molar-refractivity contribution in [2.24, 2.45) is 17.3 Å². The Labute approximate surface area is 352 Å². The number of aromatic nitrogens is 4. The van der Waals surface area contributed by atoms with Gasteiger partial charge in [-0.3, -0.25) is 9.59 Å². The number of nitrogens with zero attached hydrogens (tertiary/aromatic N) is 5. The molecule has 2 aliphatic heterocycles. The largest absolute Gasteiger partial charge is 0.453 e. The zero-order valence-corrected chi connectivity index (χ0v) is 34.4. The van der Waals surface area contributed by atoms with Crippen molar-refractivity contribution in [2.75, 3.05) is 13.7 Å². The topological polar surface area (TPSA) is 160 Å². The number of hydrogen-bond donors (Lipinski definition) is 3. The Hall–Kier alpha value is -6.10. The van der Waals surface area contributed by atoms with Crippen LogP contribution >= 0.6 is 0 Å². The molecule has 2 aromatic heterocycles. The fraction of sp³-hybridized carbons (Fsp3) is 0.447. The van der Waals surface area contributed by atoms with E-state index >= 15 is 8.78 Å². The Balaban J connectivity index is 0.896. The predicted molar refractivity (Wildman–Crippen MR) is 223 cm³/mol. The van der Waals surface area contributed by atoms with E-state index in [2.05, 4.69) is 21.4 Å². The van der Waals surface area contributed by atoms with Crippen LogP contribution in [0.2, 0.25) is 0 Å². The summed E-state index contributed by atoms with van der Waals surface area (Å²) < 4.78 is 38.0. The van der Waals surface area contributed by atoms with Gasteiger partial charge >= 0.3 is 6.09 Å². The molecule has 5 unspecified atom stereocenters. The zero-order valence-electron chi connectivity index (χ0n) is 34.4. The number of alkyl carbamates (subject to hydrolysis) is 1. The van der Waals surface area contributed by atoms with Crippen molar-refractivity contribution in [1.82, 2.24) is 35.1 Å². The van der Waals surface area contributed by atoms with Gasteiger partial charge in [-0.15, -0.1) is 0 Å². The minimum atomic E-state index is -3.26. The molecular weight excluding hydrogens is 779 g/mol. The van der Waals surface area contributed by atoms with E-state index in [1.165, 1.54) is 13.2 Å². The zero-order chi connectivity index (χ0) is 42.4. The first kappa shape index (κ1) is 39.1. The van der Waals surface area contributed by atoms with E-state index in [1.54, 1.807) is 29.3 Å². The number of nitrogens with one attached hydrogen (secondary N) is 3. The molecule has 14 heteroatoms. The van der Waals surface area contributed by atoms with Crippen LogP contribution < -0.4 is 5.32 Å². The summed E-state index contributed by atoms with van der Waals surface area (Å²) in [5, 5.41) is 11.7. The van der Waals surface area contributed by atoms with Gasteiger partial charge in [-0.1, -0.05) is 44.2 Å². The Morgan fingerprint density at radius 3 is 2.43 bits per heavy atom. The number of likely N-dealkylation sites (tertiary alicyclic amines) is 2. The van der Waals surface area contributed by atoms with Crippen LogP contribution in [0, 0.1) is 28.6 Å². The third kappa shape index (κ3) is 6.55. The molecule has 3 N–H and O–H groups in total. The Morgan fingerprint density at radius 1 is 0.984 bits per heavy atom. The lowest BCUT2D eigenvalue weighted by Crippen LogP contribution is -2.51. The van der Waals surface area contributed by atoms with E-state index in [0.717, 1.165) is 60.9 Å². The predicted octanol–water partition coefficient (Wildman–Crippen LogP) is 8.92. The number of amides is 3. The van der Waals surface area contributed by atoms with Crippen molar-refractivity contribution in [2.45, 2.75) is 102 Å². The molecule has 3 aliphatic carbocycles. The summed E-state index contributed by atoms with van der Waals surface area (Å²) >= 11 is 0. The number of hydrogen-bond acceptors (Lipinski definition) is 7. The van der Waals surface area contributed by atoms with E-state index in [4.69, 9.17) is 20.0 Å². The molecule has 4 heterocycles. The number of alkyl halides is 2. The Morgan fingerprint density at radius 2 is 1.70 bits per heavy atom. The van der Waals surface area contributed by atoms with Crippen LogP contribution in [0.15, 0.2) is 60.8 Å². The number of ether oxygens (including phenoxy) is 1. The van der Waals surface area contributed by atoms with Gasteiger partial charge in [-0.05, 0) is 109 Å². The number of halogens is 2. The molecule has 2 saturated carbocycles. The summed E-state index contributed by atoms with van der Waals surface area (Å²) in [7, 11) is 1.27. The van der Waals surface area contributed by atoms with Gasteiger partial charge in [0.1, 0.15) is 17.7 Å². The number of H-pyrrole nitrogens is 2. The van der Waals surface area contributed by atoms with Gasteiger partial charge in [0.2, 0.25) is 11.8 Å². The maximum absolute atomic E-state index is 16.6. The fourth-order valence-corrected chi connectivity index (χ4v) is 10.7. The van der Waals surface area contributed by atoms with Crippen LogP contribution in [0.25, 0.3) is 44.5 Å². The summed E-state index contributed by atoms with van der Waals surface area (Å²) in [6.45, 7) is 4.32. The van der Waals surface area contributed by atoms with Crippen molar-refractivity contribution < 1.29 is 27.9 Å². The second kappa shape index (κ2) is 14.5. The van der Waals surface area contributed by atoms with E-state index in [1.807, 2.05) is 49.1 Å². The third-order valence-corrected chi connectivity index (χ3v) is 14.0. The van der Waals surface area contributed by atoms with E-state index in [0.29, 0.717) is 65.5 Å². The maximum atomic E-state index is 16.6. The first-order chi connectivity index (χ1) is 29.4. The summed E-state index contributed by atoms with van der Waals surface area (Å²) in [5.74, 6) is -1.91. The molecule has 5 aliphatic rings. The number of aromatic amines is 2. The van der Waals surface area contributed by atoms with Crippen molar-refractivity contribution in [3.63, 3.8) is 0 Å². The van der Waals surface area contributed by atoms with E-state index in [-0.39, 0.29) is 52.4 Å². The van der Waals surface area contributed by atoms with E-state index in [9.17, 15) is 14.4 Å². The number of unbranched alkanes of at least 4 members (excludes halogenated alkanes) is 1. The number of piperidine rings is 1. The lowest BCUT2D eigenvalue weighted by Gasteiger charge is -2.34. The molecule has 314 valence electrons. The number of imidazole rings is 2. The highest BCUT2D eigenvalue weighted by molar-refractivity contribution is 5.88. The number of rotatable bonds is 10. The second-order valence-corrected chi connectivity index (χ2v) is 18.2. The SMILES string of the molecule is COC(=O)NC(C(=O)N1CC2(CC2)CC1c1ncc(-c2ccc3c(c2)C(F)(F)c2cc(-c4ccc5nc(C6C7CCC(C7)N6C(=O)CCCC#N)[nH]c5c4)ccc2-3)[nH]1)C(C)C. The highest BCUT2D eigenvalue weighted by Gasteiger charge is 2.55. The highest BCUT2D eigenvalue weighted by Crippen LogP contribution is 2.59. The minimum Gasteiger partial charge on any atom is -0.453 e. The molecule has 12 nitrogen and oxygen atoms in total. The highest BCUT2D eigenvalue weighted by atomic mass is 19.3. The third-order valence-electron chi connectivity index (χ3n) is 14.0. The quantitative estimate of drug-likeness (QED) is 0.119. The summed E-state index contributed by atoms with van der Waals surface area (Å²) in [6.07, 6.45) is 7.93. The van der Waals surface area contributed by atoms with Crippen molar-refractivity contribution >= 4 is 28.9 Å². The molecular formula is C47H48F2N8O4. The van der Waals surface area contributed by atoms with Crippen LogP contribution in [-0.4, -0.2) is 73.4 Å². The Kier molecular flexibility index (Phi) is 9.30. The molecule has 4 fully saturated rings. The first-order valence-electron chi connectivity index (χ1n) is 21.4. The van der Waals surface area contributed by atoms with Gasteiger partial charge < -0.3 is 29.8 Å². The fourth-order valence-electron chi connectivity index (χ4n) is 10.7. The van der Waals surface area contributed by atoms with Gasteiger partial charge in [0, 0.05) is 42.1 Å². The number of methoxy groups -OCH3 is 1. The smallest absolute Gasteiger partial charge is 0.407 e. The second-order valence-electron chi connectivity index (χ2n) is 18.2. The van der Waals surface area contributed by atoms with Crippen molar-refractivity contribution in [1.29, 1.82) is 5.26 Å². The lowest BCUT2D eigenvalue weighted by molar-refractivity contribution is -0.136. The molecule has 61 heavy (non-hydrogen) atoms. The van der Waals surface area contributed by atoms with Gasteiger partial charge in [-0.25, -0.2) is 14.8 Å². The van der Waals surface area contributed by atoms with Crippen molar-refractivity contribution in [3.8, 4) is 39.6 Å². The number of fused-ring (bicyclic) bond motifs is 6. The van der Waals surface area contributed by atoms with Crippen molar-refractivity contribution in [3.05, 3.63) is 83.6 Å². The van der Waals surface area contributed by atoms with Crippen LogP contribution in [-0.2, 0) is 20.2 Å². The maximum Gasteiger partial charge on any atom is 0.407 e. The number of carbonyl (C=O) groups excluding carboxylic acids is 3. The van der Waals surface area contributed by atoms with Gasteiger partial charge in [-0.2, -0.15) is 14.0 Å². The number of nitriles is 1. The standard InChI is InChI=1S/C47H48F2N8O4/c1-25(2)40(55-45(60)61-3)44(59)56-24-46(15-16-46)22-38(56)42-51-23-37(54-42)28-9-13-32-31-12-8-26(19-33(31)47(48,49)34(32)20-28)27-10-14-35-36(21-27)53-43(52-35)41-29-7-11-30(18-29)57(41)39(58)6-4-5-17-50/h8-10,12-14,19-21,23,25,29-30,38,40-41H,4-7,11,15-16,18,22,24H2,1-3H3,(H,51,54)(H,52,53)(H,55,60). The summed E-state index contributed by atoms with van der Waals surface area (Å²) in [4.78, 5) is 59.7. The number of benzene rings is 3. The summed E-state index contributed by atoms with van der Waals surface area (Å²) in [5.41, 5.74) is 4.93. The molecule has 5 atom stereocenters. The molecule has 2 bridgehead atoms. The lowest BCUT2D eigenvalue weighted by atomic mass is 9.97. The average Bonchev–Trinajstić information content (AvgIpc) is 3.91. The Bertz CT molecular complexity index is 2640. The van der Waals surface area contributed by atoms with Gasteiger partial charge in [0.05, 0.1) is 48.2 Å². The van der Waals surface area contributed by atoms with Crippen LogP contribution in [0.4, 0.5) is 13.6 Å². The average molecular weight is 827 g/mol. The van der Waals surface area contributed by atoms with Crippen LogP contribution in [0.3, 0.4) is 0 Å². The first-order valence-corrected chi connectivity index (χ1v) is 21.4. The van der Waals surface area contributed by atoms with Gasteiger partial charge in [0.15, 0.2) is 0 Å². The van der Waals surface area contributed by atoms with Gasteiger partial charge in [0.25, 0.3) is 5.92 Å². The normalized spacial score (nSPS) is 23.0. The minimum absolute atomic E-state index is 0.0197. The molecule has 0 radical (unpaired) electrons. The number of carbonyl (C=O) groups is 3. The van der Waals surface area contributed by atoms with Crippen LogP contribution in [0.1, 0.15) is 106 Å². The monoisotopic (exact) mass is 826 g/mol.